The van der Waals surface area contributed by atoms with E-state index >= 15 is 0 Å². The van der Waals surface area contributed by atoms with E-state index in [1.165, 1.54) is 13.8 Å². The summed E-state index contributed by atoms with van der Waals surface area (Å²) >= 11 is 0. The number of halogens is 5. The summed E-state index contributed by atoms with van der Waals surface area (Å²) in [6.07, 6.45) is -5.69. The minimum Gasteiger partial charge on any atom is -0.412 e. The number of ether oxygens (including phenoxy) is 2. The van der Waals surface area contributed by atoms with Gasteiger partial charge in [0.25, 0.3) is 0 Å². The van der Waals surface area contributed by atoms with Crippen molar-refractivity contribution in [2.75, 3.05) is 13.2 Å². The fourth-order valence-corrected chi connectivity index (χ4v) is 1.47. The smallest absolute Gasteiger partial charge is 0.412 e. The first kappa shape index (κ1) is 24.2. The van der Waals surface area contributed by atoms with E-state index in [1.54, 1.807) is 5.32 Å². The van der Waals surface area contributed by atoms with Crippen molar-refractivity contribution >= 4 is 22.0 Å². The molecule has 152 valence electrons. The fourth-order valence-electron chi connectivity index (χ4n) is 1.27. The van der Waals surface area contributed by atoms with Crippen LogP contribution in [0.25, 0.3) is 0 Å². The average molecular weight is 413 g/mol. The standard InChI is InChI=1S/C12H16F5NO7S/c1-4-8(19)25-11(12(15,16)17,9(20)18-5-7(2)3)24-6-10(13,14)26(21,22)23/h4,7H,1,5-6H2,2-3H3,(H,18,20)(H,21,22,23). The van der Waals surface area contributed by atoms with E-state index in [9.17, 15) is 40.0 Å². The highest BCUT2D eigenvalue weighted by atomic mass is 32.2. The highest BCUT2D eigenvalue weighted by Crippen LogP contribution is 2.37. The van der Waals surface area contributed by atoms with Crippen molar-refractivity contribution in [3.8, 4) is 0 Å². The summed E-state index contributed by atoms with van der Waals surface area (Å²) in [6.45, 7) is 2.74. The first-order chi connectivity index (χ1) is 11.5. The third-order valence-electron chi connectivity index (χ3n) is 2.57. The Balaban J connectivity index is 5.99. The second-order valence-corrected chi connectivity index (χ2v) is 6.79. The lowest BCUT2D eigenvalue weighted by Crippen LogP contribution is -2.62. The number of alkyl halides is 5. The molecular formula is C12H16F5NO7S. The van der Waals surface area contributed by atoms with Crippen molar-refractivity contribution < 1.29 is 54.0 Å². The van der Waals surface area contributed by atoms with Gasteiger partial charge in [-0.15, -0.1) is 0 Å². The molecule has 8 nitrogen and oxygen atoms in total. The van der Waals surface area contributed by atoms with Gasteiger partial charge >= 0.3 is 39.2 Å². The zero-order chi connectivity index (χ0) is 21.0. The highest BCUT2D eigenvalue weighted by Gasteiger charge is 2.67. The number of carbonyl (C=O) groups excluding carboxylic acids is 2. The summed E-state index contributed by atoms with van der Waals surface area (Å²) in [4.78, 5) is 23.1. The third-order valence-corrected chi connectivity index (χ3v) is 3.45. The van der Waals surface area contributed by atoms with Crippen molar-refractivity contribution in [3.05, 3.63) is 12.7 Å². The molecule has 26 heavy (non-hydrogen) atoms. The van der Waals surface area contributed by atoms with E-state index in [2.05, 4.69) is 16.1 Å². The average Bonchev–Trinajstić information content (AvgIpc) is 2.46. The number of rotatable bonds is 9. The minimum absolute atomic E-state index is 0.195. The van der Waals surface area contributed by atoms with E-state index < -0.39 is 45.8 Å². The van der Waals surface area contributed by atoms with Gasteiger partial charge in [0.05, 0.1) is 0 Å². The number of nitrogens with one attached hydrogen (secondary N) is 1. The molecule has 2 N–H and O–H groups in total. The van der Waals surface area contributed by atoms with Crippen LogP contribution in [0.3, 0.4) is 0 Å². The zero-order valence-electron chi connectivity index (χ0n) is 13.5. The van der Waals surface area contributed by atoms with Crippen LogP contribution >= 0.6 is 0 Å². The SMILES string of the molecule is C=CC(=O)OC(OCC(F)(F)S(=O)(=O)O)(C(=O)NCC(C)C)C(F)(F)F. The molecule has 0 aromatic carbocycles. The van der Waals surface area contributed by atoms with Crippen LogP contribution in [-0.2, 0) is 29.2 Å². The van der Waals surface area contributed by atoms with Crippen molar-refractivity contribution in [3.63, 3.8) is 0 Å². The molecule has 1 amide bonds. The van der Waals surface area contributed by atoms with Gasteiger partial charge in [-0.1, -0.05) is 20.4 Å². The number of hydrogen-bond donors (Lipinski definition) is 2. The Morgan fingerprint density at radius 3 is 2.08 bits per heavy atom. The van der Waals surface area contributed by atoms with E-state index in [0.29, 0.717) is 0 Å². The molecule has 0 aliphatic carbocycles. The van der Waals surface area contributed by atoms with Gasteiger partial charge in [0.1, 0.15) is 6.61 Å². The molecule has 0 saturated heterocycles. The summed E-state index contributed by atoms with van der Waals surface area (Å²) in [5, 5.41) is -3.54. The molecular weight excluding hydrogens is 397 g/mol. The normalized spacial score (nSPS) is 15.3. The maximum absolute atomic E-state index is 13.4. The van der Waals surface area contributed by atoms with Crippen molar-refractivity contribution in [1.29, 1.82) is 0 Å². The monoisotopic (exact) mass is 413 g/mol. The van der Waals surface area contributed by atoms with E-state index in [4.69, 9.17) is 4.55 Å². The quantitative estimate of drug-likeness (QED) is 0.192. The Kier molecular flexibility index (Phi) is 7.69. The molecule has 0 heterocycles. The summed E-state index contributed by atoms with van der Waals surface area (Å²) in [6, 6.07) is 0. The highest BCUT2D eigenvalue weighted by molar-refractivity contribution is 7.86. The first-order valence-corrected chi connectivity index (χ1v) is 8.13. The van der Waals surface area contributed by atoms with Crippen LogP contribution in [0.4, 0.5) is 22.0 Å². The van der Waals surface area contributed by atoms with Crippen molar-refractivity contribution in [1.82, 2.24) is 5.32 Å². The number of amides is 1. The summed E-state index contributed by atoms with van der Waals surface area (Å²) < 4.78 is 103. The van der Waals surface area contributed by atoms with Crippen LogP contribution in [0.1, 0.15) is 13.8 Å². The van der Waals surface area contributed by atoms with Crippen LogP contribution in [0, 0.1) is 5.92 Å². The van der Waals surface area contributed by atoms with E-state index in [0.717, 1.165) is 0 Å². The van der Waals surface area contributed by atoms with Gasteiger partial charge in [-0.3, -0.25) is 9.35 Å². The Bertz CT molecular complexity index is 647. The van der Waals surface area contributed by atoms with E-state index in [1.807, 2.05) is 0 Å². The number of hydrogen-bond acceptors (Lipinski definition) is 6. The van der Waals surface area contributed by atoms with Crippen LogP contribution in [0.5, 0.6) is 0 Å². The molecule has 0 saturated carbocycles. The molecule has 0 bridgehead atoms. The maximum atomic E-state index is 13.4. The molecule has 1 atom stereocenters. The zero-order valence-corrected chi connectivity index (χ0v) is 14.3. The van der Waals surface area contributed by atoms with Gasteiger partial charge in [-0.25, -0.2) is 4.79 Å². The molecule has 0 aliphatic rings. The van der Waals surface area contributed by atoms with Gasteiger partial charge in [-0.05, 0) is 5.92 Å². The number of carbonyl (C=O) groups is 2. The molecule has 0 aliphatic heterocycles. The predicted molar refractivity (Wildman–Crippen MR) is 75.4 cm³/mol. The fraction of sp³-hybridized carbons (Fsp3) is 0.667. The van der Waals surface area contributed by atoms with E-state index in [-0.39, 0.29) is 18.5 Å². The second-order valence-electron chi connectivity index (χ2n) is 5.24. The van der Waals surface area contributed by atoms with Crippen LogP contribution in [0.2, 0.25) is 0 Å². The van der Waals surface area contributed by atoms with Gasteiger partial charge < -0.3 is 14.8 Å². The predicted octanol–water partition coefficient (Wildman–Crippen LogP) is 1.24. The van der Waals surface area contributed by atoms with Crippen LogP contribution in [-0.4, -0.2) is 55.2 Å². The first-order valence-electron chi connectivity index (χ1n) is 6.69. The van der Waals surface area contributed by atoms with Crippen molar-refractivity contribution in [2.45, 2.75) is 31.1 Å². The minimum atomic E-state index is -6.17. The lowest BCUT2D eigenvalue weighted by Gasteiger charge is -2.33. The topological polar surface area (TPSA) is 119 Å². The van der Waals surface area contributed by atoms with Gasteiger partial charge in [-0.2, -0.15) is 30.4 Å². The van der Waals surface area contributed by atoms with Gasteiger partial charge in [0.15, 0.2) is 0 Å². The van der Waals surface area contributed by atoms with Gasteiger partial charge in [0.2, 0.25) is 0 Å². The van der Waals surface area contributed by atoms with Crippen molar-refractivity contribution in [2.24, 2.45) is 5.92 Å². The Hall–Kier alpha value is -1.80. The third kappa shape index (κ3) is 5.88. The molecule has 0 aromatic heterocycles. The lowest BCUT2D eigenvalue weighted by atomic mass is 10.2. The molecule has 0 aromatic rings. The molecule has 0 radical (unpaired) electrons. The number of esters is 1. The summed E-state index contributed by atoms with van der Waals surface area (Å²) in [7, 11) is -6.17. The van der Waals surface area contributed by atoms with Gasteiger partial charge in [0, 0.05) is 12.6 Å². The van der Waals surface area contributed by atoms with Crippen LogP contribution in [0.15, 0.2) is 12.7 Å². The Labute approximate surface area is 145 Å². The Morgan fingerprint density at radius 2 is 1.73 bits per heavy atom. The van der Waals surface area contributed by atoms with Crippen LogP contribution < -0.4 is 5.32 Å². The molecule has 0 fully saturated rings. The summed E-state index contributed by atoms with van der Waals surface area (Å²) in [5.74, 6) is -9.03. The summed E-state index contributed by atoms with van der Waals surface area (Å²) in [5.41, 5.74) is 0. The molecule has 1 unspecified atom stereocenters. The largest absolute Gasteiger partial charge is 0.466 e. The molecule has 14 heteroatoms. The lowest BCUT2D eigenvalue weighted by molar-refractivity contribution is -0.352. The molecule has 0 spiro atoms. The second kappa shape index (κ2) is 8.26. The molecule has 0 rings (SSSR count). The maximum Gasteiger partial charge on any atom is 0.466 e. The Morgan fingerprint density at radius 1 is 1.23 bits per heavy atom.